The van der Waals surface area contributed by atoms with Crippen molar-refractivity contribution >= 4 is 17.4 Å². The zero-order chi connectivity index (χ0) is 18.6. The largest absolute Gasteiger partial charge is 0.573 e. The fraction of sp³-hybridized carbons (Fsp3) is 0.294. The van der Waals surface area contributed by atoms with Gasteiger partial charge in [0, 0.05) is 49.9 Å². The van der Waals surface area contributed by atoms with Crippen LogP contribution in [0.4, 0.5) is 29.3 Å². The molecule has 6 nitrogen and oxygen atoms in total. The average Bonchev–Trinajstić information content (AvgIpc) is 2.63. The first-order valence-electron chi connectivity index (χ1n) is 7.97. The molecule has 1 saturated heterocycles. The molecule has 1 fully saturated rings. The second kappa shape index (κ2) is 7.51. The van der Waals surface area contributed by atoms with Gasteiger partial charge in [0.05, 0.1) is 0 Å². The normalized spacial score (nSPS) is 14.9. The van der Waals surface area contributed by atoms with Crippen molar-refractivity contribution in [1.29, 1.82) is 0 Å². The Morgan fingerprint density at radius 1 is 1.00 bits per heavy atom. The molecule has 2 amide bonds. The van der Waals surface area contributed by atoms with E-state index in [2.05, 4.69) is 19.9 Å². The molecule has 0 radical (unpaired) electrons. The number of ether oxygens (including phenoxy) is 1. The van der Waals surface area contributed by atoms with Gasteiger partial charge in [0.1, 0.15) is 5.75 Å². The molecule has 0 atom stereocenters. The minimum Gasteiger partial charge on any atom is -0.406 e. The summed E-state index contributed by atoms with van der Waals surface area (Å²) in [6.45, 7) is 2.47. The van der Waals surface area contributed by atoms with Crippen LogP contribution in [0.25, 0.3) is 0 Å². The van der Waals surface area contributed by atoms with Crippen LogP contribution in [0.2, 0.25) is 0 Å². The molecule has 3 rings (SSSR count). The molecule has 0 saturated carbocycles. The van der Waals surface area contributed by atoms with Gasteiger partial charge in [-0.05, 0) is 36.4 Å². The molecular formula is C17H17F3N4O2. The third-order valence-electron chi connectivity index (χ3n) is 3.93. The Morgan fingerprint density at radius 3 is 2.19 bits per heavy atom. The molecule has 1 aliphatic rings. The van der Waals surface area contributed by atoms with Crippen molar-refractivity contribution in [2.75, 3.05) is 36.4 Å². The summed E-state index contributed by atoms with van der Waals surface area (Å²) in [5.74, 6) is -0.332. The van der Waals surface area contributed by atoms with E-state index in [-0.39, 0.29) is 11.8 Å². The second-order valence-electron chi connectivity index (χ2n) is 5.68. The lowest BCUT2D eigenvalue weighted by Crippen LogP contribution is -2.50. The number of anilines is 2. The first-order valence-corrected chi connectivity index (χ1v) is 7.97. The number of pyridine rings is 1. The van der Waals surface area contributed by atoms with Gasteiger partial charge in [-0.15, -0.1) is 13.2 Å². The molecule has 1 aliphatic heterocycles. The highest BCUT2D eigenvalue weighted by Gasteiger charge is 2.31. The van der Waals surface area contributed by atoms with Gasteiger partial charge >= 0.3 is 12.4 Å². The van der Waals surface area contributed by atoms with Crippen molar-refractivity contribution in [2.24, 2.45) is 0 Å². The van der Waals surface area contributed by atoms with Gasteiger partial charge < -0.3 is 19.9 Å². The van der Waals surface area contributed by atoms with Crippen molar-refractivity contribution in [1.82, 2.24) is 9.88 Å². The van der Waals surface area contributed by atoms with E-state index < -0.39 is 6.36 Å². The van der Waals surface area contributed by atoms with E-state index in [1.807, 2.05) is 12.1 Å². The van der Waals surface area contributed by atoms with Crippen LogP contribution in [0.3, 0.4) is 0 Å². The van der Waals surface area contributed by atoms with E-state index >= 15 is 0 Å². The van der Waals surface area contributed by atoms with E-state index in [1.54, 1.807) is 17.3 Å². The zero-order valence-corrected chi connectivity index (χ0v) is 13.7. The number of halogens is 3. The Labute approximate surface area is 148 Å². The number of hydrogen-bond donors (Lipinski definition) is 1. The van der Waals surface area contributed by atoms with Gasteiger partial charge in [0.15, 0.2) is 0 Å². The SMILES string of the molecule is O=C(Nc1ccc(OC(F)(F)F)cc1)N1CCN(c2ccncc2)CC1. The number of nitrogens with one attached hydrogen (secondary N) is 1. The Kier molecular flexibility index (Phi) is 5.15. The first kappa shape index (κ1) is 17.8. The molecule has 2 aromatic rings. The summed E-state index contributed by atoms with van der Waals surface area (Å²) >= 11 is 0. The number of benzene rings is 1. The number of aromatic nitrogens is 1. The van der Waals surface area contributed by atoms with Crippen LogP contribution in [-0.2, 0) is 0 Å². The van der Waals surface area contributed by atoms with Gasteiger partial charge in [0.2, 0.25) is 0 Å². The fourth-order valence-corrected chi connectivity index (χ4v) is 2.67. The monoisotopic (exact) mass is 366 g/mol. The topological polar surface area (TPSA) is 57.7 Å². The Morgan fingerprint density at radius 2 is 1.62 bits per heavy atom. The van der Waals surface area contributed by atoms with Crippen molar-refractivity contribution in [3.63, 3.8) is 0 Å². The van der Waals surface area contributed by atoms with E-state index in [4.69, 9.17) is 0 Å². The molecule has 1 N–H and O–H groups in total. The summed E-state index contributed by atoms with van der Waals surface area (Å²) in [7, 11) is 0. The average molecular weight is 366 g/mol. The summed E-state index contributed by atoms with van der Waals surface area (Å²) in [6.07, 6.45) is -1.29. The number of rotatable bonds is 3. The van der Waals surface area contributed by atoms with Gasteiger partial charge in [-0.2, -0.15) is 0 Å². The van der Waals surface area contributed by atoms with Crippen molar-refractivity contribution in [3.05, 3.63) is 48.8 Å². The minimum atomic E-state index is -4.74. The summed E-state index contributed by atoms with van der Waals surface area (Å²) in [5.41, 5.74) is 1.46. The summed E-state index contributed by atoms with van der Waals surface area (Å²) in [6, 6.07) is 8.59. The Balaban J connectivity index is 1.51. The summed E-state index contributed by atoms with van der Waals surface area (Å²) in [4.78, 5) is 20.1. The lowest BCUT2D eigenvalue weighted by Gasteiger charge is -2.36. The smallest absolute Gasteiger partial charge is 0.406 e. The maximum absolute atomic E-state index is 12.3. The predicted molar refractivity (Wildman–Crippen MR) is 90.2 cm³/mol. The molecule has 138 valence electrons. The van der Waals surface area contributed by atoms with E-state index in [1.165, 1.54) is 12.1 Å². The maximum atomic E-state index is 12.3. The van der Waals surface area contributed by atoms with Crippen LogP contribution in [0.1, 0.15) is 0 Å². The van der Waals surface area contributed by atoms with E-state index in [0.717, 1.165) is 17.8 Å². The lowest BCUT2D eigenvalue weighted by molar-refractivity contribution is -0.274. The first-order chi connectivity index (χ1) is 12.4. The summed E-state index contributed by atoms with van der Waals surface area (Å²) < 4.78 is 40.2. The van der Waals surface area contributed by atoms with Gasteiger partial charge in [-0.1, -0.05) is 0 Å². The number of carbonyl (C=O) groups is 1. The minimum absolute atomic E-state index is 0.288. The Hall–Kier alpha value is -2.97. The number of alkyl halides is 3. The van der Waals surface area contributed by atoms with Crippen LogP contribution in [0.15, 0.2) is 48.8 Å². The number of urea groups is 1. The van der Waals surface area contributed by atoms with Gasteiger partial charge in [-0.25, -0.2) is 4.79 Å². The van der Waals surface area contributed by atoms with Crippen LogP contribution >= 0.6 is 0 Å². The number of piperazine rings is 1. The van der Waals surface area contributed by atoms with Crippen LogP contribution in [0.5, 0.6) is 5.75 Å². The van der Waals surface area contributed by atoms with E-state index in [0.29, 0.717) is 31.9 Å². The summed E-state index contributed by atoms with van der Waals surface area (Å²) in [5, 5.41) is 2.68. The van der Waals surface area contributed by atoms with Gasteiger partial charge in [-0.3, -0.25) is 4.98 Å². The maximum Gasteiger partial charge on any atom is 0.573 e. The molecule has 0 unspecified atom stereocenters. The number of hydrogen-bond acceptors (Lipinski definition) is 4. The highest BCUT2D eigenvalue weighted by atomic mass is 19.4. The standard InChI is InChI=1S/C17H17F3N4O2/c18-17(19,20)26-15-3-1-13(2-4-15)22-16(25)24-11-9-23(10-12-24)14-5-7-21-8-6-14/h1-8H,9-12H2,(H,22,25). The molecule has 0 spiro atoms. The molecule has 0 aliphatic carbocycles. The van der Waals surface area contributed by atoms with Crippen LogP contribution in [-0.4, -0.2) is 48.5 Å². The fourth-order valence-electron chi connectivity index (χ4n) is 2.67. The molecule has 9 heteroatoms. The molecular weight excluding hydrogens is 349 g/mol. The van der Waals surface area contributed by atoms with Crippen LogP contribution < -0.4 is 15.0 Å². The zero-order valence-electron chi connectivity index (χ0n) is 13.7. The molecule has 2 heterocycles. The number of nitrogens with zero attached hydrogens (tertiary/aromatic N) is 3. The lowest BCUT2D eigenvalue weighted by atomic mass is 10.2. The van der Waals surface area contributed by atoms with Gasteiger partial charge in [0.25, 0.3) is 0 Å². The third-order valence-corrected chi connectivity index (χ3v) is 3.93. The molecule has 0 bridgehead atoms. The third kappa shape index (κ3) is 4.78. The predicted octanol–water partition coefficient (Wildman–Crippen LogP) is 3.33. The Bertz CT molecular complexity index is 730. The van der Waals surface area contributed by atoms with Crippen molar-refractivity contribution in [2.45, 2.75) is 6.36 Å². The van der Waals surface area contributed by atoms with Crippen molar-refractivity contribution < 1.29 is 22.7 Å². The number of amides is 2. The van der Waals surface area contributed by atoms with Crippen LogP contribution in [0, 0.1) is 0 Å². The highest BCUT2D eigenvalue weighted by Crippen LogP contribution is 2.24. The quantitative estimate of drug-likeness (QED) is 0.905. The van der Waals surface area contributed by atoms with Crippen molar-refractivity contribution in [3.8, 4) is 5.75 Å². The highest BCUT2D eigenvalue weighted by molar-refractivity contribution is 5.89. The second-order valence-corrected chi connectivity index (χ2v) is 5.68. The molecule has 1 aromatic carbocycles. The number of carbonyl (C=O) groups excluding carboxylic acids is 1. The van der Waals surface area contributed by atoms with E-state index in [9.17, 15) is 18.0 Å². The molecule has 1 aromatic heterocycles. The molecule has 26 heavy (non-hydrogen) atoms.